The first-order chi connectivity index (χ1) is 20.3. The summed E-state index contributed by atoms with van der Waals surface area (Å²) in [5.74, 6) is 0.306. The van der Waals surface area contributed by atoms with Crippen molar-refractivity contribution in [2.45, 2.75) is 39.2 Å². The van der Waals surface area contributed by atoms with E-state index in [1.165, 1.54) is 12.8 Å². The fraction of sp³-hybridized carbons (Fsp3) is 0.367. The molecule has 0 bridgehead atoms. The minimum Gasteiger partial charge on any atom is -0.492 e. The van der Waals surface area contributed by atoms with Gasteiger partial charge in [-0.05, 0) is 49.1 Å². The molecule has 2 aromatic carbocycles. The Kier molecular flexibility index (Phi) is 9.19. The second kappa shape index (κ2) is 13.2. The summed E-state index contributed by atoms with van der Waals surface area (Å²) in [5.41, 5.74) is 3.40. The maximum absolute atomic E-state index is 12.1. The molecule has 0 aliphatic heterocycles. The zero-order chi connectivity index (χ0) is 29.6. The molecule has 4 N–H and O–H groups in total. The first-order valence-electron chi connectivity index (χ1n) is 13.9. The minimum atomic E-state index is -1.24. The van der Waals surface area contributed by atoms with Crippen molar-refractivity contribution in [3.05, 3.63) is 64.4 Å². The van der Waals surface area contributed by atoms with Gasteiger partial charge in [0, 0.05) is 24.7 Å². The molecule has 2 aromatic heterocycles. The van der Waals surface area contributed by atoms with Gasteiger partial charge in [-0.2, -0.15) is 0 Å². The normalized spacial score (nSPS) is 12.8. The summed E-state index contributed by atoms with van der Waals surface area (Å²) in [5, 5.41) is 25.3. The largest absolute Gasteiger partial charge is 0.492 e. The molecule has 0 atom stereocenters. The summed E-state index contributed by atoms with van der Waals surface area (Å²) in [4.78, 5) is 37.5. The number of aliphatic hydroxyl groups is 1. The number of carboxylic acids is 1. The number of benzene rings is 2. The number of carbonyl (C=O) groups excluding carboxylic acids is 1. The Morgan fingerprint density at radius 2 is 1.88 bits per heavy atom. The number of aryl methyl sites for hydroxylation is 1. The molecule has 2 heterocycles. The Hall–Kier alpha value is -4.22. The maximum atomic E-state index is 12.1. The van der Waals surface area contributed by atoms with Crippen molar-refractivity contribution in [1.29, 1.82) is 0 Å². The molecule has 1 aliphatic rings. The number of aromatic carboxylic acids is 1. The predicted octanol–water partition coefficient (Wildman–Crippen LogP) is 4.29. The first kappa shape index (κ1) is 29.3. The number of nitrogens with one attached hydrogen (secondary N) is 2. The smallest absolute Gasteiger partial charge is 0.374 e. The van der Waals surface area contributed by atoms with Crippen LogP contribution >= 0.6 is 11.6 Å². The van der Waals surface area contributed by atoms with Crippen molar-refractivity contribution >= 4 is 40.5 Å². The molecular weight excluding hydrogens is 560 g/mol. The highest BCUT2D eigenvalue weighted by Gasteiger charge is 2.25. The molecule has 5 rings (SSSR count). The van der Waals surface area contributed by atoms with Crippen molar-refractivity contribution in [3.8, 4) is 17.1 Å². The summed E-state index contributed by atoms with van der Waals surface area (Å²) < 4.78 is 8.02. The van der Waals surface area contributed by atoms with Gasteiger partial charge in [0.05, 0.1) is 25.2 Å². The lowest BCUT2D eigenvalue weighted by Crippen LogP contribution is -2.27. The number of hydrogen-bond acceptors (Lipinski definition) is 8. The van der Waals surface area contributed by atoms with E-state index in [1.54, 1.807) is 0 Å². The second-order valence-electron chi connectivity index (χ2n) is 10.4. The average Bonchev–Trinajstić information content (AvgIpc) is 3.73. The molecule has 12 heteroatoms. The van der Waals surface area contributed by atoms with Crippen LogP contribution in [0, 0.1) is 12.8 Å². The Morgan fingerprint density at radius 3 is 2.60 bits per heavy atom. The van der Waals surface area contributed by atoms with Gasteiger partial charge in [-0.1, -0.05) is 48.2 Å². The average molecular weight is 593 g/mol. The molecule has 42 heavy (non-hydrogen) atoms. The Balaban J connectivity index is 1.59. The van der Waals surface area contributed by atoms with E-state index < -0.39 is 5.97 Å². The van der Waals surface area contributed by atoms with Gasteiger partial charge < -0.3 is 30.2 Å². The van der Waals surface area contributed by atoms with E-state index in [2.05, 4.69) is 20.6 Å². The molecule has 0 saturated heterocycles. The lowest BCUT2D eigenvalue weighted by Gasteiger charge is -2.16. The molecule has 220 valence electrons. The number of ether oxygens (including phenoxy) is 1. The van der Waals surface area contributed by atoms with Crippen LogP contribution in [0.15, 0.2) is 42.5 Å². The van der Waals surface area contributed by atoms with Crippen molar-refractivity contribution in [2.24, 2.45) is 5.92 Å². The van der Waals surface area contributed by atoms with Gasteiger partial charge in [0.15, 0.2) is 11.5 Å². The standard InChI is InChI=1S/C30H33ClN6O5/c1-18-2-9-23(42-15-11-24(39)32-13-14-38)22(16-18)29-36-27-25(37(29)17-20-5-7-21(31)8-6-20)26(33-12-10-19-3-4-19)34-28(35-27)30(40)41/h2,5-9,16,19,38H,3-4,10-15,17H2,1H3,(H,32,39)(H,40,41)(H,33,34,35). The third kappa shape index (κ3) is 7.15. The summed E-state index contributed by atoms with van der Waals surface area (Å²) in [6.07, 6.45) is 3.49. The van der Waals surface area contributed by atoms with Crippen molar-refractivity contribution < 1.29 is 24.5 Å². The van der Waals surface area contributed by atoms with E-state index in [4.69, 9.17) is 26.4 Å². The van der Waals surface area contributed by atoms with Crippen molar-refractivity contribution in [1.82, 2.24) is 24.8 Å². The fourth-order valence-corrected chi connectivity index (χ4v) is 4.80. The van der Waals surface area contributed by atoms with E-state index in [0.717, 1.165) is 17.5 Å². The number of imidazole rings is 1. The van der Waals surface area contributed by atoms with Gasteiger partial charge in [0.25, 0.3) is 0 Å². The maximum Gasteiger partial charge on any atom is 0.374 e. The van der Waals surface area contributed by atoms with Crippen molar-refractivity contribution in [3.63, 3.8) is 0 Å². The minimum absolute atomic E-state index is 0.108. The van der Waals surface area contributed by atoms with Gasteiger partial charge in [-0.25, -0.2) is 19.7 Å². The van der Waals surface area contributed by atoms with Crippen LogP contribution in [0.1, 0.15) is 47.4 Å². The lowest BCUT2D eigenvalue weighted by molar-refractivity contribution is -0.121. The molecule has 11 nitrogen and oxygen atoms in total. The summed E-state index contributed by atoms with van der Waals surface area (Å²) in [6, 6.07) is 13.1. The van der Waals surface area contributed by atoms with Crippen LogP contribution in [0.5, 0.6) is 5.75 Å². The molecule has 1 saturated carbocycles. The number of aromatic nitrogens is 4. The SMILES string of the molecule is Cc1ccc(OCCC(=O)NCCO)c(-c2nc3nc(C(=O)O)nc(NCCC4CC4)c3n2Cc2ccc(Cl)cc2)c1. The van der Waals surface area contributed by atoms with Gasteiger partial charge in [-0.3, -0.25) is 4.79 Å². The number of anilines is 1. The van der Waals surface area contributed by atoms with Crippen LogP contribution < -0.4 is 15.4 Å². The zero-order valence-electron chi connectivity index (χ0n) is 23.3. The molecule has 1 fully saturated rings. The van der Waals surface area contributed by atoms with Gasteiger partial charge in [0.1, 0.15) is 17.1 Å². The zero-order valence-corrected chi connectivity index (χ0v) is 24.0. The Labute approximate surface area is 247 Å². The Bertz CT molecular complexity index is 1590. The number of carbonyl (C=O) groups is 2. The van der Waals surface area contributed by atoms with Gasteiger partial charge in [0.2, 0.25) is 11.7 Å². The highest BCUT2D eigenvalue weighted by molar-refractivity contribution is 6.30. The predicted molar refractivity (Wildman–Crippen MR) is 159 cm³/mol. The van der Waals surface area contributed by atoms with Gasteiger partial charge in [-0.15, -0.1) is 0 Å². The van der Waals surface area contributed by atoms with E-state index in [1.807, 2.05) is 54.0 Å². The third-order valence-corrected chi connectivity index (χ3v) is 7.24. The van der Waals surface area contributed by atoms with Gasteiger partial charge >= 0.3 is 5.97 Å². The second-order valence-corrected chi connectivity index (χ2v) is 10.8. The molecule has 1 amide bonds. The molecule has 1 aliphatic carbocycles. The number of hydrogen-bond donors (Lipinski definition) is 4. The van der Waals surface area contributed by atoms with E-state index in [9.17, 15) is 14.7 Å². The van der Waals surface area contributed by atoms with Crippen LogP contribution in [0.3, 0.4) is 0 Å². The van der Waals surface area contributed by atoms with E-state index in [-0.39, 0.29) is 43.6 Å². The quantitative estimate of drug-likeness (QED) is 0.168. The summed E-state index contributed by atoms with van der Waals surface area (Å²) in [6.45, 7) is 3.14. The third-order valence-electron chi connectivity index (χ3n) is 6.99. The van der Waals surface area contributed by atoms with Crippen LogP contribution in [0.2, 0.25) is 5.02 Å². The number of amides is 1. The number of halogens is 1. The van der Waals surface area contributed by atoms with Crippen LogP contribution in [-0.4, -0.2) is 67.9 Å². The number of fused-ring (bicyclic) bond motifs is 1. The number of carboxylic acid groups (broad SMARTS) is 1. The monoisotopic (exact) mass is 592 g/mol. The first-order valence-corrected chi connectivity index (χ1v) is 14.3. The molecule has 0 spiro atoms. The molecular formula is C30H33ClN6O5. The lowest BCUT2D eigenvalue weighted by atomic mass is 10.1. The number of nitrogens with zero attached hydrogens (tertiary/aromatic N) is 4. The van der Waals surface area contributed by atoms with Crippen LogP contribution in [-0.2, 0) is 11.3 Å². The summed E-state index contributed by atoms with van der Waals surface area (Å²) >= 11 is 6.15. The number of rotatable bonds is 14. The molecule has 0 radical (unpaired) electrons. The van der Waals surface area contributed by atoms with Crippen LogP contribution in [0.25, 0.3) is 22.6 Å². The van der Waals surface area contributed by atoms with Crippen LogP contribution in [0.4, 0.5) is 5.82 Å². The molecule has 0 unspecified atom stereocenters. The highest BCUT2D eigenvalue weighted by Crippen LogP contribution is 2.36. The topological polar surface area (TPSA) is 151 Å². The molecule has 4 aromatic rings. The highest BCUT2D eigenvalue weighted by atomic mass is 35.5. The van der Waals surface area contributed by atoms with E-state index in [0.29, 0.717) is 52.5 Å². The number of aliphatic hydroxyl groups excluding tert-OH is 1. The Morgan fingerprint density at radius 1 is 1.10 bits per heavy atom. The summed E-state index contributed by atoms with van der Waals surface area (Å²) in [7, 11) is 0. The van der Waals surface area contributed by atoms with E-state index >= 15 is 0 Å². The fourth-order valence-electron chi connectivity index (χ4n) is 4.67. The van der Waals surface area contributed by atoms with Crippen molar-refractivity contribution in [2.75, 3.05) is 31.6 Å².